The molecule has 0 fully saturated rings. The van der Waals surface area contributed by atoms with Crippen molar-refractivity contribution < 1.29 is 4.79 Å². The first kappa shape index (κ1) is 15.0. The lowest BCUT2D eigenvalue weighted by molar-refractivity contribution is -0.126. The van der Waals surface area contributed by atoms with Crippen LogP contribution in [0.5, 0.6) is 0 Å². The third-order valence-corrected chi connectivity index (χ3v) is 3.68. The van der Waals surface area contributed by atoms with Crippen LogP contribution in [0.3, 0.4) is 0 Å². The van der Waals surface area contributed by atoms with Gasteiger partial charge in [0.15, 0.2) is 0 Å². The SMILES string of the molecule is CC(NC(=O)C(C)(C)c1ccc(N)cc1)c1ccccn1. The average Bonchev–Trinajstić information content (AvgIpc) is 2.48. The zero-order valence-electron chi connectivity index (χ0n) is 12.6. The summed E-state index contributed by atoms with van der Waals surface area (Å²) >= 11 is 0. The van der Waals surface area contributed by atoms with E-state index in [-0.39, 0.29) is 11.9 Å². The van der Waals surface area contributed by atoms with Gasteiger partial charge in [-0.3, -0.25) is 9.78 Å². The number of nitrogens with one attached hydrogen (secondary N) is 1. The number of amides is 1. The highest BCUT2D eigenvalue weighted by Gasteiger charge is 2.30. The van der Waals surface area contributed by atoms with Crippen LogP contribution < -0.4 is 11.1 Å². The molecular formula is C17H21N3O. The van der Waals surface area contributed by atoms with Crippen LogP contribution in [0, 0.1) is 0 Å². The Morgan fingerprint density at radius 1 is 1.19 bits per heavy atom. The van der Waals surface area contributed by atoms with E-state index >= 15 is 0 Å². The van der Waals surface area contributed by atoms with E-state index in [9.17, 15) is 4.79 Å². The Hall–Kier alpha value is -2.36. The average molecular weight is 283 g/mol. The number of nitrogens with zero attached hydrogens (tertiary/aromatic N) is 1. The molecule has 4 nitrogen and oxygen atoms in total. The lowest BCUT2D eigenvalue weighted by atomic mass is 9.83. The van der Waals surface area contributed by atoms with Gasteiger partial charge in [0.25, 0.3) is 0 Å². The molecule has 21 heavy (non-hydrogen) atoms. The van der Waals surface area contributed by atoms with Crippen molar-refractivity contribution in [3.8, 4) is 0 Å². The molecule has 110 valence electrons. The second-order valence-electron chi connectivity index (χ2n) is 5.70. The quantitative estimate of drug-likeness (QED) is 0.848. The maximum atomic E-state index is 12.6. The third-order valence-electron chi connectivity index (χ3n) is 3.68. The van der Waals surface area contributed by atoms with E-state index < -0.39 is 5.41 Å². The van der Waals surface area contributed by atoms with Gasteiger partial charge < -0.3 is 11.1 Å². The van der Waals surface area contributed by atoms with Gasteiger partial charge >= 0.3 is 0 Å². The van der Waals surface area contributed by atoms with Crippen LogP contribution in [0.1, 0.15) is 38.1 Å². The Bertz CT molecular complexity index is 606. The van der Waals surface area contributed by atoms with E-state index in [1.54, 1.807) is 6.20 Å². The van der Waals surface area contributed by atoms with Crippen LogP contribution in [0.25, 0.3) is 0 Å². The number of carbonyl (C=O) groups is 1. The van der Waals surface area contributed by atoms with Gasteiger partial charge in [-0.2, -0.15) is 0 Å². The molecule has 1 unspecified atom stereocenters. The number of nitrogens with two attached hydrogens (primary N) is 1. The number of benzene rings is 1. The number of hydrogen-bond donors (Lipinski definition) is 2. The molecular weight excluding hydrogens is 262 g/mol. The van der Waals surface area contributed by atoms with Crippen LogP contribution in [-0.2, 0) is 10.2 Å². The highest BCUT2D eigenvalue weighted by Crippen LogP contribution is 2.25. The molecule has 1 aromatic carbocycles. The summed E-state index contributed by atoms with van der Waals surface area (Å²) in [6.07, 6.45) is 1.73. The Kier molecular flexibility index (Phi) is 4.26. The minimum absolute atomic E-state index is 0.0366. The summed E-state index contributed by atoms with van der Waals surface area (Å²) in [5.74, 6) is -0.0366. The van der Waals surface area contributed by atoms with Crippen LogP contribution in [-0.4, -0.2) is 10.9 Å². The number of pyridine rings is 1. The predicted molar refractivity (Wildman–Crippen MR) is 84.7 cm³/mol. The Balaban J connectivity index is 2.13. The lowest BCUT2D eigenvalue weighted by Crippen LogP contribution is -2.41. The fraction of sp³-hybridized carbons (Fsp3) is 0.294. The van der Waals surface area contributed by atoms with E-state index in [0.717, 1.165) is 11.3 Å². The standard InChI is InChI=1S/C17H21N3O/c1-12(15-6-4-5-11-19-15)20-16(21)17(2,3)13-7-9-14(18)10-8-13/h4-12H,18H2,1-3H3,(H,20,21). The molecule has 0 spiro atoms. The number of aromatic nitrogens is 1. The van der Waals surface area contributed by atoms with Gasteiger partial charge in [0.1, 0.15) is 0 Å². The van der Waals surface area contributed by atoms with Crippen LogP contribution in [0.2, 0.25) is 0 Å². The molecule has 0 bridgehead atoms. The monoisotopic (exact) mass is 283 g/mol. The smallest absolute Gasteiger partial charge is 0.230 e. The first-order chi connectivity index (χ1) is 9.91. The minimum Gasteiger partial charge on any atom is -0.399 e. The number of nitrogen functional groups attached to an aromatic ring is 1. The molecule has 3 N–H and O–H groups in total. The van der Waals surface area contributed by atoms with Gasteiger partial charge in [-0.15, -0.1) is 0 Å². The number of carbonyl (C=O) groups excluding carboxylic acids is 1. The van der Waals surface area contributed by atoms with Gasteiger partial charge in [-0.25, -0.2) is 0 Å². The maximum Gasteiger partial charge on any atom is 0.230 e. The second kappa shape index (κ2) is 5.95. The van der Waals surface area contributed by atoms with Crippen LogP contribution >= 0.6 is 0 Å². The predicted octanol–water partition coefficient (Wildman–Crippen LogP) is 2.82. The van der Waals surface area contributed by atoms with Crippen molar-refractivity contribution in [2.45, 2.75) is 32.2 Å². The van der Waals surface area contributed by atoms with E-state index in [0.29, 0.717) is 5.69 Å². The molecule has 1 aromatic heterocycles. The molecule has 1 atom stereocenters. The molecule has 0 aliphatic rings. The van der Waals surface area contributed by atoms with Gasteiger partial charge in [0, 0.05) is 11.9 Å². The molecule has 1 amide bonds. The third kappa shape index (κ3) is 3.40. The zero-order chi connectivity index (χ0) is 15.5. The van der Waals surface area contributed by atoms with Gasteiger partial charge in [-0.05, 0) is 50.6 Å². The molecule has 0 aliphatic carbocycles. The van der Waals surface area contributed by atoms with Crippen molar-refractivity contribution >= 4 is 11.6 Å². The molecule has 0 saturated carbocycles. The lowest BCUT2D eigenvalue weighted by Gasteiger charge is -2.26. The molecule has 2 aromatic rings. The van der Waals surface area contributed by atoms with Crippen molar-refractivity contribution in [3.05, 3.63) is 59.9 Å². The highest BCUT2D eigenvalue weighted by molar-refractivity contribution is 5.87. The molecule has 2 rings (SSSR count). The van der Waals surface area contributed by atoms with Crippen molar-refractivity contribution in [3.63, 3.8) is 0 Å². The zero-order valence-corrected chi connectivity index (χ0v) is 12.6. The van der Waals surface area contributed by atoms with E-state index in [4.69, 9.17) is 5.73 Å². The molecule has 0 radical (unpaired) electrons. The van der Waals surface area contributed by atoms with E-state index in [2.05, 4.69) is 10.3 Å². The summed E-state index contributed by atoms with van der Waals surface area (Å²) in [5.41, 5.74) is 7.54. The summed E-state index contributed by atoms with van der Waals surface area (Å²) in [6.45, 7) is 5.73. The largest absolute Gasteiger partial charge is 0.399 e. The number of rotatable bonds is 4. The molecule has 1 heterocycles. The normalized spacial score (nSPS) is 12.7. The molecule has 4 heteroatoms. The summed E-state index contributed by atoms with van der Waals surface area (Å²) in [4.78, 5) is 16.8. The van der Waals surface area contributed by atoms with Crippen molar-refractivity contribution in [1.82, 2.24) is 10.3 Å². The minimum atomic E-state index is -0.628. The van der Waals surface area contributed by atoms with E-state index in [1.165, 1.54) is 0 Å². The summed E-state index contributed by atoms with van der Waals surface area (Å²) < 4.78 is 0. The topological polar surface area (TPSA) is 68.0 Å². The van der Waals surface area contributed by atoms with E-state index in [1.807, 2.05) is 63.2 Å². The van der Waals surface area contributed by atoms with Crippen molar-refractivity contribution in [2.24, 2.45) is 0 Å². The Labute approximate surface area is 125 Å². The van der Waals surface area contributed by atoms with Crippen molar-refractivity contribution in [2.75, 3.05) is 5.73 Å². The Morgan fingerprint density at radius 3 is 2.43 bits per heavy atom. The van der Waals surface area contributed by atoms with Gasteiger partial charge in [-0.1, -0.05) is 18.2 Å². The van der Waals surface area contributed by atoms with Gasteiger partial charge in [0.2, 0.25) is 5.91 Å². The fourth-order valence-electron chi connectivity index (χ4n) is 2.11. The first-order valence-electron chi connectivity index (χ1n) is 6.99. The Morgan fingerprint density at radius 2 is 1.86 bits per heavy atom. The van der Waals surface area contributed by atoms with Gasteiger partial charge in [0.05, 0.1) is 17.2 Å². The highest BCUT2D eigenvalue weighted by atomic mass is 16.2. The summed E-state index contributed by atoms with van der Waals surface area (Å²) in [6, 6.07) is 12.9. The number of anilines is 1. The number of hydrogen-bond acceptors (Lipinski definition) is 3. The first-order valence-corrected chi connectivity index (χ1v) is 6.99. The van der Waals surface area contributed by atoms with Crippen molar-refractivity contribution in [1.29, 1.82) is 0 Å². The fourth-order valence-corrected chi connectivity index (χ4v) is 2.11. The second-order valence-corrected chi connectivity index (χ2v) is 5.70. The molecule has 0 saturated heterocycles. The molecule has 0 aliphatic heterocycles. The summed E-state index contributed by atoms with van der Waals surface area (Å²) in [5, 5.41) is 3.02. The van der Waals surface area contributed by atoms with Crippen LogP contribution in [0.15, 0.2) is 48.7 Å². The maximum absolute atomic E-state index is 12.6. The van der Waals surface area contributed by atoms with Crippen LogP contribution in [0.4, 0.5) is 5.69 Å². The summed E-state index contributed by atoms with van der Waals surface area (Å²) in [7, 11) is 0.